The molecule has 4 heteroatoms. The Hall–Kier alpha value is -1.58. The molecule has 1 aromatic rings. The first kappa shape index (κ1) is 10.6. The molecular weight excluding hydrogens is 212 g/mol. The second-order valence-electron chi connectivity index (χ2n) is 4.61. The van der Waals surface area contributed by atoms with Crippen LogP contribution in [0.25, 0.3) is 0 Å². The Morgan fingerprint density at radius 2 is 2.00 bits per heavy atom. The fraction of sp³-hybridized carbons (Fsp3) is 0.538. The number of hydrogen-bond donors (Lipinski definition) is 1. The van der Waals surface area contributed by atoms with E-state index in [0.29, 0.717) is 0 Å². The molecule has 1 fully saturated rings. The molecule has 17 heavy (non-hydrogen) atoms. The van der Waals surface area contributed by atoms with Gasteiger partial charge in [0.15, 0.2) is 0 Å². The van der Waals surface area contributed by atoms with Crippen molar-refractivity contribution in [3.05, 3.63) is 23.9 Å². The number of nitrogens with zero attached hydrogens (tertiary/aromatic N) is 3. The predicted octanol–water partition coefficient (Wildman–Crippen LogP) is 1.42. The largest absolute Gasteiger partial charge is 0.368 e. The van der Waals surface area contributed by atoms with Crippen LogP contribution in [0.2, 0.25) is 0 Å². The van der Waals surface area contributed by atoms with Crippen LogP contribution < -0.4 is 10.2 Å². The number of nitrogens with one attached hydrogen (secondary N) is 1. The smallest absolute Gasteiger partial charge is 0.129 e. The zero-order chi connectivity index (χ0) is 11.5. The Kier molecular flexibility index (Phi) is 2.94. The van der Waals surface area contributed by atoms with E-state index in [1.165, 1.54) is 19.3 Å². The van der Waals surface area contributed by atoms with Crippen LogP contribution in [0.1, 0.15) is 24.8 Å². The van der Waals surface area contributed by atoms with Gasteiger partial charge < -0.3 is 10.2 Å². The Balaban J connectivity index is 1.75. The summed E-state index contributed by atoms with van der Waals surface area (Å²) in [5.41, 5.74) is 1.10. The summed E-state index contributed by atoms with van der Waals surface area (Å²) < 4.78 is 0. The van der Waals surface area contributed by atoms with Crippen LogP contribution in [0.3, 0.4) is 0 Å². The zero-order valence-corrected chi connectivity index (χ0v) is 10.0. The van der Waals surface area contributed by atoms with Crippen LogP contribution in [-0.2, 0) is 0 Å². The fourth-order valence-electron chi connectivity index (χ4n) is 2.43. The molecular formula is C13H18N4. The van der Waals surface area contributed by atoms with E-state index in [4.69, 9.17) is 0 Å². The molecule has 0 amide bonds. The normalized spacial score (nSPS) is 20.0. The van der Waals surface area contributed by atoms with Crippen molar-refractivity contribution >= 4 is 11.7 Å². The fourth-order valence-corrected chi connectivity index (χ4v) is 2.43. The van der Waals surface area contributed by atoms with Crippen molar-refractivity contribution in [2.75, 3.05) is 31.1 Å². The minimum atomic E-state index is 0.878. The lowest BCUT2D eigenvalue weighted by Gasteiger charge is -2.27. The summed E-state index contributed by atoms with van der Waals surface area (Å²) in [6, 6.07) is 4.23. The van der Waals surface area contributed by atoms with Crippen LogP contribution in [0.4, 0.5) is 5.82 Å². The average Bonchev–Trinajstić information content (AvgIpc) is 2.94. The standard InChI is InChI=1S/C13H18N4/c1-2-8-17(9-3-1)12-5-4-11(10-16-12)13-14-6-7-15-13/h4-5,10H,1-3,6-9H2,(H,14,15). The van der Waals surface area contributed by atoms with E-state index in [2.05, 4.69) is 32.3 Å². The topological polar surface area (TPSA) is 40.5 Å². The highest BCUT2D eigenvalue weighted by molar-refractivity contribution is 5.99. The van der Waals surface area contributed by atoms with Gasteiger partial charge in [-0.15, -0.1) is 0 Å². The van der Waals surface area contributed by atoms with E-state index in [0.717, 1.165) is 43.4 Å². The molecule has 0 aromatic carbocycles. The molecule has 1 aromatic heterocycles. The molecule has 3 rings (SSSR count). The molecule has 3 heterocycles. The Labute approximate surface area is 102 Å². The van der Waals surface area contributed by atoms with Gasteiger partial charge in [-0.2, -0.15) is 0 Å². The molecule has 0 bridgehead atoms. The molecule has 0 saturated carbocycles. The number of aliphatic imine (C=N–C) groups is 1. The van der Waals surface area contributed by atoms with Crippen LogP contribution in [-0.4, -0.2) is 37.0 Å². The van der Waals surface area contributed by atoms with Crippen molar-refractivity contribution in [2.45, 2.75) is 19.3 Å². The molecule has 0 unspecified atom stereocenters. The minimum absolute atomic E-state index is 0.878. The van der Waals surface area contributed by atoms with Crippen LogP contribution >= 0.6 is 0 Å². The summed E-state index contributed by atoms with van der Waals surface area (Å²) >= 11 is 0. The van der Waals surface area contributed by atoms with E-state index in [-0.39, 0.29) is 0 Å². The van der Waals surface area contributed by atoms with Gasteiger partial charge in [-0.25, -0.2) is 4.98 Å². The van der Waals surface area contributed by atoms with Crippen LogP contribution in [0, 0.1) is 0 Å². The minimum Gasteiger partial charge on any atom is -0.368 e. The summed E-state index contributed by atoms with van der Waals surface area (Å²) in [5, 5.41) is 3.27. The lowest BCUT2D eigenvalue weighted by Crippen LogP contribution is -2.30. The van der Waals surface area contributed by atoms with E-state index in [9.17, 15) is 0 Å². The van der Waals surface area contributed by atoms with E-state index >= 15 is 0 Å². The summed E-state index contributed by atoms with van der Waals surface area (Å²) in [4.78, 5) is 11.3. The van der Waals surface area contributed by atoms with E-state index in [1.54, 1.807) is 0 Å². The molecule has 1 saturated heterocycles. The third-order valence-electron chi connectivity index (χ3n) is 3.38. The monoisotopic (exact) mass is 230 g/mol. The van der Waals surface area contributed by atoms with Gasteiger partial charge in [0.05, 0.1) is 6.54 Å². The molecule has 2 aliphatic heterocycles. The first-order chi connectivity index (χ1) is 8.43. The van der Waals surface area contributed by atoms with Gasteiger partial charge in [0.2, 0.25) is 0 Å². The molecule has 2 aliphatic rings. The molecule has 0 aliphatic carbocycles. The van der Waals surface area contributed by atoms with Gasteiger partial charge in [0.25, 0.3) is 0 Å². The van der Waals surface area contributed by atoms with Gasteiger partial charge in [-0.05, 0) is 31.4 Å². The number of aromatic nitrogens is 1. The third-order valence-corrected chi connectivity index (χ3v) is 3.38. The quantitative estimate of drug-likeness (QED) is 0.835. The van der Waals surface area contributed by atoms with Crippen molar-refractivity contribution in [1.29, 1.82) is 0 Å². The summed E-state index contributed by atoms with van der Waals surface area (Å²) in [6.07, 6.45) is 5.87. The average molecular weight is 230 g/mol. The van der Waals surface area contributed by atoms with Gasteiger partial charge in [-0.3, -0.25) is 4.99 Å². The summed E-state index contributed by atoms with van der Waals surface area (Å²) in [7, 11) is 0. The highest BCUT2D eigenvalue weighted by Crippen LogP contribution is 2.17. The predicted molar refractivity (Wildman–Crippen MR) is 69.7 cm³/mol. The summed E-state index contributed by atoms with van der Waals surface area (Å²) in [5.74, 6) is 2.09. The highest BCUT2D eigenvalue weighted by atomic mass is 15.2. The second-order valence-corrected chi connectivity index (χ2v) is 4.61. The van der Waals surface area contributed by atoms with Crippen LogP contribution in [0.5, 0.6) is 0 Å². The maximum atomic E-state index is 4.55. The molecule has 0 spiro atoms. The lowest BCUT2D eigenvalue weighted by molar-refractivity contribution is 0.573. The molecule has 1 N–H and O–H groups in total. The number of pyridine rings is 1. The third kappa shape index (κ3) is 2.25. The summed E-state index contributed by atoms with van der Waals surface area (Å²) in [6.45, 7) is 4.11. The second kappa shape index (κ2) is 4.73. The lowest BCUT2D eigenvalue weighted by atomic mass is 10.1. The Bertz CT molecular complexity index is 404. The number of anilines is 1. The van der Waals surface area contributed by atoms with E-state index in [1.807, 2.05) is 6.20 Å². The van der Waals surface area contributed by atoms with Crippen molar-refractivity contribution in [1.82, 2.24) is 10.3 Å². The number of piperidine rings is 1. The highest BCUT2D eigenvalue weighted by Gasteiger charge is 2.13. The van der Waals surface area contributed by atoms with Crippen molar-refractivity contribution < 1.29 is 0 Å². The van der Waals surface area contributed by atoms with Gasteiger partial charge >= 0.3 is 0 Å². The maximum Gasteiger partial charge on any atom is 0.129 e. The van der Waals surface area contributed by atoms with Gasteiger partial charge in [0.1, 0.15) is 11.7 Å². The molecule has 4 nitrogen and oxygen atoms in total. The maximum absolute atomic E-state index is 4.55. The van der Waals surface area contributed by atoms with Crippen LogP contribution in [0.15, 0.2) is 23.3 Å². The molecule has 0 radical (unpaired) electrons. The molecule has 0 atom stereocenters. The zero-order valence-electron chi connectivity index (χ0n) is 10.0. The van der Waals surface area contributed by atoms with Crippen molar-refractivity contribution in [3.8, 4) is 0 Å². The Morgan fingerprint density at radius 1 is 1.12 bits per heavy atom. The van der Waals surface area contributed by atoms with Gasteiger partial charge in [-0.1, -0.05) is 0 Å². The van der Waals surface area contributed by atoms with Crippen molar-refractivity contribution in [2.24, 2.45) is 4.99 Å². The van der Waals surface area contributed by atoms with E-state index < -0.39 is 0 Å². The van der Waals surface area contributed by atoms with Crippen molar-refractivity contribution in [3.63, 3.8) is 0 Å². The number of rotatable bonds is 2. The first-order valence-corrected chi connectivity index (χ1v) is 6.43. The number of amidine groups is 1. The Morgan fingerprint density at radius 3 is 2.65 bits per heavy atom. The first-order valence-electron chi connectivity index (χ1n) is 6.43. The SMILES string of the molecule is c1cc(N2CCCCC2)ncc1C1=NCCN1. The van der Waals surface area contributed by atoms with Gasteiger partial charge in [0, 0.05) is 31.4 Å². The molecule has 90 valence electrons. The number of hydrogen-bond acceptors (Lipinski definition) is 4.